The molecule has 3 nitrogen and oxygen atoms in total. The fraction of sp³-hybridized carbons (Fsp3) is 0.875. The highest BCUT2D eigenvalue weighted by atomic mass is 16.5. The minimum atomic E-state index is 0.0290. The predicted molar refractivity (Wildman–Crippen MR) is 42.1 cm³/mol. The second-order valence-electron chi connectivity index (χ2n) is 2.98. The zero-order valence-electron chi connectivity index (χ0n) is 7.08. The molecule has 1 fully saturated rings. The molecule has 1 heterocycles. The quantitative estimate of drug-likeness (QED) is 0.555. The van der Waals surface area contributed by atoms with Crippen molar-refractivity contribution in [3.05, 3.63) is 0 Å². The van der Waals surface area contributed by atoms with Gasteiger partial charge < -0.3 is 4.74 Å². The van der Waals surface area contributed by atoms with Gasteiger partial charge in [0.15, 0.2) is 0 Å². The summed E-state index contributed by atoms with van der Waals surface area (Å²) in [5.74, 6) is 0. The van der Waals surface area contributed by atoms with Crippen LogP contribution in [0.1, 0.15) is 13.8 Å². The van der Waals surface area contributed by atoms with E-state index in [9.17, 15) is 0 Å². The van der Waals surface area contributed by atoms with Crippen LogP contribution in [0.25, 0.3) is 0 Å². The van der Waals surface area contributed by atoms with Crippen molar-refractivity contribution in [1.29, 1.82) is 5.26 Å². The number of nitriles is 1. The lowest BCUT2D eigenvalue weighted by atomic mass is 10.2. The Bertz CT molecular complexity index is 164. The maximum Gasteiger partial charge on any atom is 0.0951 e. The van der Waals surface area contributed by atoms with Crippen molar-refractivity contribution in [1.82, 2.24) is 4.90 Å². The van der Waals surface area contributed by atoms with E-state index in [1.165, 1.54) is 0 Å². The Kier molecular flexibility index (Phi) is 2.86. The van der Waals surface area contributed by atoms with Gasteiger partial charge in [0.25, 0.3) is 0 Å². The van der Waals surface area contributed by atoms with Crippen LogP contribution < -0.4 is 0 Å². The van der Waals surface area contributed by atoms with Crippen LogP contribution in [-0.4, -0.2) is 36.7 Å². The molecule has 11 heavy (non-hydrogen) atoms. The van der Waals surface area contributed by atoms with E-state index in [1.807, 2.05) is 13.8 Å². The monoisotopic (exact) mass is 154 g/mol. The number of ether oxygens (including phenoxy) is 1. The molecule has 1 aliphatic rings. The van der Waals surface area contributed by atoms with Crippen molar-refractivity contribution in [2.24, 2.45) is 0 Å². The molecule has 0 aromatic carbocycles. The van der Waals surface area contributed by atoms with E-state index < -0.39 is 0 Å². The highest BCUT2D eigenvalue weighted by molar-refractivity contribution is 4.89. The minimum absolute atomic E-state index is 0.0290. The number of nitrogens with zero attached hydrogens (tertiary/aromatic N) is 2. The van der Waals surface area contributed by atoms with E-state index in [0.717, 1.165) is 19.7 Å². The Morgan fingerprint density at radius 2 is 2.45 bits per heavy atom. The van der Waals surface area contributed by atoms with E-state index in [2.05, 4.69) is 11.0 Å². The van der Waals surface area contributed by atoms with Gasteiger partial charge in [-0.3, -0.25) is 4.90 Å². The summed E-state index contributed by atoms with van der Waals surface area (Å²) in [5, 5.41) is 8.64. The van der Waals surface area contributed by atoms with Crippen molar-refractivity contribution in [2.75, 3.05) is 19.7 Å². The second-order valence-corrected chi connectivity index (χ2v) is 2.98. The first-order chi connectivity index (χ1) is 5.24. The van der Waals surface area contributed by atoms with Gasteiger partial charge in [0.05, 0.1) is 24.8 Å². The summed E-state index contributed by atoms with van der Waals surface area (Å²) in [4.78, 5) is 2.15. The van der Waals surface area contributed by atoms with Crippen LogP contribution in [0.4, 0.5) is 0 Å². The number of rotatable bonds is 1. The summed E-state index contributed by atoms with van der Waals surface area (Å²) in [7, 11) is 0. The molecule has 1 unspecified atom stereocenters. The molecule has 3 heteroatoms. The van der Waals surface area contributed by atoms with Crippen molar-refractivity contribution < 1.29 is 4.74 Å². The molecule has 1 rings (SSSR count). The molecule has 62 valence electrons. The Morgan fingerprint density at radius 3 is 3.00 bits per heavy atom. The largest absolute Gasteiger partial charge is 0.376 e. The number of hydrogen-bond donors (Lipinski definition) is 0. The van der Waals surface area contributed by atoms with Crippen LogP contribution in [0, 0.1) is 11.3 Å². The first-order valence-corrected chi connectivity index (χ1v) is 3.99. The lowest BCUT2D eigenvalue weighted by Gasteiger charge is -2.32. The summed E-state index contributed by atoms with van der Waals surface area (Å²) < 4.78 is 5.35. The van der Waals surface area contributed by atoms with E-state index in [-0.39, 0.29) is 12.1 Å². The molecule has 0 aromatic heterocycles. The summed E-state index contributed by atoms with van der Waals surface area (Å²) in [6.45, 7) is 6.50. The fourth-order valence-corrected chi connectivity index (χ4v) is 1.28. The third-order valence-electron chi connectivity index (χ3n) is 2.01. The predicted octanol–water partition coefficient (Wildman–Crippen LogP) is 0.619. The van der Waals surface area contributed by atoms with Gasteiger partial charge in [0.2, 0.25) is 0 Å². The fourth-order valence-electron chi connectivity index (χ4n) is 1.28. The maximum absolute atomic E-state index is 8.64. The Labute approximate surface area is 67.6 Å². The topological polar surface area (TPSA) is 36.3 Å². The molecule has 0 aliphatic carbocycles. The normalized spacial score (nSPS) is 29.4. The lowest BCUT2D eigenvalue weighted by Crippen LogP contribution is -2.45. The van der Waals surface area contributed by atoms with Gasteiger partial charge in [-0.1, -0.05) is 0 Å². The van der Waals surface area contributed by atoms with Crippen LogP contribution in [0.15, 0.2) is 0 Å². The number of hydrogen-bond acceptors (Lipinski definition) is 3. The molecule has 1 saturated heterocycles. The van der Waals surface area contributed by atoms with Crippen LogP contribution in [-0.2, 0) is 4.74 Å². The SMILES string of the molecule is CC(C#N)N1CCO[C@@H](C)C1. The molecule has 2 atom stereocenters. The molecule has 0 bridgehead atoms. The third kappa shape index (κ3) is 2.18. The van der Waals surface area contributed by atoms with E-state index in [1.54, 1.807) is 0 Å². The van der Waals surface area contributed by atoms with Crippen LogP contribution in [0.2, 0.25) is 0 Å². The van der Waals surface area contributed by atoms with Gasteiger partial charge in [0, 0.05) is 13.1 Å². The van der Waals surface area contributed by atoms with Crippen molar-refractivity contribution in [3.63, 3.8) is 0 Å². The molecule has 0 saturated carbocycles. The highest BCUT2D eigenvalue weighted by Gasteiger charge is 2.20. The summed E-state index contributed by atoms with van der Waals surface area (Å²) in [6, 6.07) is 2.25. The molecule has 0 N–H and O–H groups in total. The first kappa shape index (κ1) is 8.51. The summed E-state index contributed by atoms with van der Waals surface area (Å²) >= 11 is 0. The zero-order chi connectivity index (χ0) is 8.27. The van der Waals surface area contributed by atoms with Crippen LogP contribution in [0.3, 0.4) is 0 Å². The van der Waals surface area contributed by atoms with Crippen LogP contribution in [0.5, 0.6) is 0 Å². The first-order valence-electron chi connectivity index (χ1n) is 3.99. The van der Waals surface area contributed by atoms with Gasteiger partial charge >= 0.3 is 0 Å². The number of morpholine rings is 1. The molecule has 0 amide bonds. The van der Waals surface area contributed by atoms with Crippen molar-refractivity contribution in [3.8, 4) is 6.07 Å². The van der Waals surface area contributed by atoms with Gasteiger partial charge in [-0.15, -0.1) is 0 Å². The minimum Gasteiger partial charge on any atom is -0.376 e. The molecule has 1 aliphatic heterocycles. The molecule has 0 aromatic rings. The Morgan fingerprint density at radius 1 is 1.73 bits per heavy atom. The average molecular weight is 154 g/mol. The molecular weight excluding hydrogens is 140 g/mol. The molecule has 0 spiro atoms. The summed E-state index contributed by atoms with van der Waals surface area (Å²) in [5.41, 5.74) is 0. The highest BCUT2D eigenvalue weighted by Crippen LogP contribution is 2.07. The van der Waals surface area contributed by atoms with E-state index in [4.69, 9.17) is 10.00 Å². The van der Waals surface area contributed by atoms with Crippen LogP contribution >= 0.6 is 0 Å². The third-order valence-corrected chi connectivity index (χ3v) is 2.01. The van der Waals surface area contributed by atoms with E-state index >= 15 is 0 Å². The Balaban J connectivity index is 2.40. The smallest absolute Gasteiger partial charge is 0.0951 e. The standard InChI is InChI=1S/C8H14N2O/c1-7(5-9)10-3-4-11-8(2)6-10/h7-8H,3-4,6H2,1-2H3/t7?,8-/m0/s1. The summed E-state index contributed by atoms with van der Waals surface area (Å²) in [6.07, 6.45) is 0.277. The zero-order valence-corrected chi connectivity index (χ0v) is 7.08. The van der Waals surface area contributed by atoms with Gasteiger partial charge in [0.1, 0.15) is 0 Å². The second kappa shape index (κ2) is 3.70. The average Bonchev–Trinajstić information content (AvgIpc) is 2.03. The Hall–Kier alpha value is -0.590. The molecular formula is C8H14N2O. The van der Waals surface area contributed by atoms with E-state index in [0.29, 0.717) is 0 Å². The van der Waals surface area contributed by atoms with Gasteiger partial charge in [-0.2, -0.15) is 5.26 Å². The van der Waals surface area contributed by atoms with Crippen molar-refractivity contribution in [2.45, 2.75) is 26.0 Å². The van der Waals surface area contributed by atoms with Gasteiger partial charge in [-0.05, 0) is 13.8 Å². The van der Waals surface area contributed by atoms with Crippen molar-refractivity contribution >= 4 is 0 Å². The maximum atomic E-state index is 8.64. The van der Waals surface area contributed by atoms with Gasteiger partial charge in [-0.25, -0.2) is 0 Å². The lowest BCUT2D eigenvalue weighted by molar-refractivity contribution is -0.0243. The molecule has 0 radical (unpaired) electrons.